The molecule has 0 aliphatic carbocycles. The Morgan fingerprint density at radius 3 is 2.60 bits per heavy atom. The number of ketones is 1. The summed E-state index contributed by atoms with van der Waals surface area (Å²) in [6, 6.07) is 13.5. The van der Waals surface area contributed by atoms with Crippen LogP contribution in [0, 0.1) is 0 Å². The van der Waals surface area contributed by atoms with E-state index < -0.39 is 18.5 Å². The van der Waals surface area contributed by atoms with Crippen molar-refractivity contribution in [2.45, 2.75) is 6.92 Å². The fourth-order valence-corrected chi connectivity index (χ4v) is 2.17. The normalized spacial score (nSPS) is 10.5. The van der Waals surface area contributed by atoms with E-state index >= 15 is 0 Å². The first-order chi connectivity index (χ1) is 11.9. The zero-order chi connectivity index (χ0) is 18.2. The molecular formula is C19H16ClNO4. The molecule has 0 bridgehead atoms. The van der Waals surface area contributed by atoms with E-state index in [1.54, 1.807) is 54.6 Å². The maximum absolute atomic E-state index is 11.8. The molecule has 25 heavy (non-hydrogen) atoms. The Morgan fingerprint density at radius 2 is 1.88 bits per heavy atom. The van der Waals surface area contributed by atoms with Crippen molar-refractivity contribution in [3.8, 4) is 0 Å². The number of anilines is 1. The van der Waals surface area contributed by atoms with Gasteiger partial charge >= 0.3 is 5.97 Å². The van der Waals surface area contributed by atoms with E-state index in [0.29, 0.717) is 16.3 Å². The van der Waals surface area contributed by atoms with Crippen LogP contribution in [-0.4, -0.2) is 24.3 Å². The first-order valence-corrected chi connectivity index (χ1v) is 7.83. The van der Waals surface area contributed by atoms with E-state index in [0.717, 1.165) is 5.56 Å². The van der Waals surface area contributed by atoms with Gasteiger partial charge in [-0.3, -0.25) is 9.59 Å². The summed E-state index contributed by atoms with van der Waals surface area (Å²) in [6.45, 7) is 1.01. The molecule has 0 spiro atoms. The third kappa shape index (κ3) is 6.24. The van der Waals surface area contributed by atoms with Crippen molar-refractivity contribution in [2.75, 3.05) is 11.9 Å². The Morgan fingerprint density at radius 1 is 1.12 bits per heavy atom. The Balaban J connectivity index is 1.84. The number of carbonyl (C=O) groups excluding carboxylic acids is 3. The minimum Gasteiger partial charge on any atom is -0.452 e. The molecule has 2 aromatic carbocycles. The third-order valence-corrected chi connectivity index (χ3v) is 3.39. The molecule has 0 aromatic heterocycles. The van der Waals surface area contributed by atoms with Crippen LogP contribution in [0.4, 0.5) is 5.69 Å². The van der Waals surface area contributed by atoms with Gasteiger partial charge in [-0.05, 0) is 42.8 Å². The van der Waals surface area contributed by atoms with Gasteiger partial charge in [-0.25, -0.2) is 4.79 Å². The van der Waals surface area contributed by atoms with Gasteiger partial charge in [-0.15, -0.1) is 0 Å². The van der Waals surface area contributed by atoms with Crippen LogP contribution < -0.4 is 5.32 Å². The number of amides is 1. The predicted molar refractivity (Wildman–Crippen MR) is 96.5 cm³/mol. The Kier molecular flexibility index (Phi) is 6.48. The maximum Gasteiger partial charge on any atom is 0.331 e. The lowest BCUT2D eigenvalue weighted by atomic mass is 10.1. The molecule has 6 heteroatoms. The number of halogens is 1. The van der Waals surface area contributed by atoms with E-state index in [1.165, 1.54) is 13.0 Å². The molecule has 0 aliphatic heterocycles. The van der Waals surface area contributed by atoms with Gasteiger partial charge in [0.25, 0.3) is 5.91 Å². The maximum atomic E-state index is 11.8. The minimum absolute atomic E-state index is 0.103. The molecule has 1 N–H and O–H groups in total. The van der Waals surface area contributed by atoms with Crippen LogP contribution in [-0.2, 0) is 14.3 Å². The standard InChI is InChI=1S/C19H16ClNO4/c1-13(22)15-5-3-7-17(11-15)21-18(23)12-25-19(24)9-8-14-4-2-6-16(20)10-14/h2-11H,12H2,1H3,(H,21,23)/b9-8+. The summed E-state index contributed by atoms with van der Waals surface area (Å²) in [6.07, 6.45) is 2.76. The Hall–Kier alpha value is -2.92. The van der Waals surface area contributed by atoms with Gasteiger partial charge in [0.05, 0.1) is 0 Å². The predicted octanol–water partition coefficient (Wildman–Crippen LogP) is 3.74. The lowest BCUT2D eigenvalue weighted by Crippen LogP contribution is -2.20. The molecule has 5 nitrogen and oxygen atoms in total. The first-order valence-electron chi connectivity index (χ1n) is 7.45. The van der Waals surface area contributed by atoms with Gasteiger partial charge in [0.15, 0.2) is 12.4 Å². The lowest BCUT2D eigenvalue weighted by molar-refractivity contribution is -0.142. The second-order valence-corrected chi connectivity index (χ2v) is 5.62. The summed E-state index contributed by atoms with van der Waals surface area (Å²) in [5.41, 5.74) is 1.69. The highest BCUT2D eigenvalue weighted by atomic mass is 35.5. The number of esters is 1. The van der Waals surface area contributed by atoms with Gasteiger partial charge in [-0.1, -0.05) is 35.9 Å². The van der Waals surface area contributed by atoms with Crippen molar-refractivity contribution in [3.05, 3.63) is 70.8 Å². The van der Waals surface area contributed by atoms with Gasteiger partial charge in [-0.2, -0.15) is 0 Å². The van der Waals surface area contributed by atoms with E-state index in [4.69, 9.17) is 16.3 Å². The summed E-state index contributed by atoms with van der Waals surface area (Å²) in [5, 5.41) is 3.12. The Labute approximate surface area is 150 Å². The van der Waals surface area contributed by atoms with Crippen molar-refractivity contribution in [1.29, 1.82) is 0 Å². The quantitative estimate of drug-likeness (QED) is 0.485. The number of Topliss-reactive ketones (excluding diaryl/α,β-unsaturated/α-hetero) is 1. The zero-order valence-corrected chi connectivity index (χ0v) is 14.2. The van der Waals surface area contributed by atoms with Gasteiger partial charge in [0.1, 0.15) is 0 Å². The highest BCUT2D eigenvalue weighted by Crippen LogP contribution is 2.12. The smallest absolute Gasteiger partial charge is 0.331 e. The molecule has 0 unspecified atom stereocenters. The number of nitrogens with one attached hydrogen (secondary N) is 1. The van der Waals surface area contributed by atoms with Gasteiger partial charge in [0.2, 0.25) is 0 Å². The number of hydrogen-bond acceptors (Lipinski definition) is 4. The molecule has 0 saturated carbocycles. The number of benzene rings is 2. The average molecular weight is 358 g/mol. The third-order valence-electron chi connectivity index (χ3n) is 3.16. The largest absolute Gasteiger partial charge is 0.452 e. The Bertz CT molecular complexity index is 830. The monoisotopic (exact) mass is 357 g/mol. The molecule has 0 heterocycles. The van der Waals surface area contributed by atoms with Crippen molar-refractivity contribution in [1.82, 2.24) is 0 Å². The van der Waals surface area contributed by atoms with Crippen LogP contribution in [0.15, 0.2) is 54.6 Å². The summed E-state index contributed by atoms with van der Waals surface area (Å²) < 4.78 is 4.87. The van der Waals surface area contributed by atoms with Crippen molar-refractivity contribution in [3.63, 3.8) is 0 Å². The molecule has 1 amide bonds. The molecule has 0 atom stereocenters. The molecule has 2 rings (SSSR count). The van der Waals surface area contributed by atoms with E-state index in [-0.39, 0.29) is 5.78 Å². The van der Waals surface area contributed by atoms with Crippen LogP contribution in [0.1, 0.15) is 22.8 Å². The van der Waals surface area contributed by atoms with Crippen LogP contribution >= 0.6 is 11.6 Å². The highest BCUT2D eigenvalue weighted by molar-refractivity contribution is 6.30. The van der Waals surface area contributed by atoms with Crippen molar-refractivity contribution in [2.24, 2.45) is 0 Å². The van der Waals surface area contributed by atoms with Crippen molar-refractivity contribution < 1.29 is 19.1 Å². The molecule has 2 aromatic rings. The molecule has 128 valence electrons. The number of carbonyl (C=O) groups is 3. The summed E-state index contributed by atoms with van der Waals surface area (Å²) in [7, 11) is 0. The molecule has 0 aliphatic rings. The molecule has 0 saturated heterocycles. The molecule has 0 radical (unpaired) electrons. The zero-order valence-electron chi connectivity index (χ0n) is 13.5. The van der Waals surface area contributed by atoms with E-state index in [2.05, 4.69) is 5.32 Å². The fourth-order valence-electron chi connectivity index (χ4n) is 1.97. The number of ether oxygens (including phenoxy) is 1. The molecule has 0 fully saturated rings. The highest BCUT2D eigenvalue weighted by Gasteiger charge is 2.07. The van der Waals surface area contributed by atoms with Crippen LogP contribution in [0.5, 0.6) is 0 Å². The van der Waals surface area contributed by atoms with E-state index in [9.17, 15) is 14.4 Å². The first kappa shape index (κ1) is 18.4. The number of hydrogen-bond donors (Lipinski definition) is 1. The fraction of sp³-hybridized carbons (Fsp3) is 0.105. The summed E-state index contributed by atoms with van der Waals surface area (Å²) in [4.78, 5) is 34.7. The summed E-state index contributed by atoms with van der Waals surface area (Å²) >= 11 is 5.85. The van der Waals surface area contributed by atoms with Crippen LogP contribution in [0.3, 0.4) is 0 Å². The van der Waals surface area contributed by atoms with Gasteiger partial charge < -0.3 is 10.1 Å². The molecular weight excluding hydrogens is 342 g/mol. The van der Waals surface area contributed by atoms with Crippen LogP contribution in [0.25, 0.3) is 6.08 Å². The second-order valence-electron chi connectivity index (χ2n) is 5.18. The average Bonchev–Trinajstić information content (AvgIpc) is 2.58. The second kappa shape index (κ2) is 8.80. The summed E-state index contributed by atoms with van der Waals surface area (Å²) in [5.74, 6) is -1.24. The lowest BCUT2D eigenvalue weighted by Gasteiger charge is -2.06. The SMILES string of the molecule is CC(=O)c1cccc(NC(=O)COC(=O)/C=C/c2cccc(Cl)c2)c1. The van der Waals surface area contributed by atoms with Crippen molar-refractivity contribution >= 4 is 41.0 Å². The minimum atomic E-state index is -0.646. The van der Waals surface area contributed by atoms with Crippen LogP contribution in [0.2, 0.25) is 5.02 Å². The number of rotatable bonds is 6. The van der Waals surface area contributed by atoms with Gasteiger partial charge in [0, 0.05) is 22.3 Å². The van der Waals surface area contributed by atoms with E-state index in [1.807, 2.05) is 0 Å². The topological polar surface area (TPSA) is 72.5 Å².